The summed E-state index contributed by atoms with van der Waals surface area (Å²) in [6.07, 6.45) is 0. The normalized spacial score (nSPS) is 10.3. The van der Waals surface area contributed by atoms with Crippen molar-refractivity contribution in [3.05, 3.63) is 53.6 Å². The largest absolute Gasteiger partial charge is 0.493 e. The first-order valence-corrected chi connectivity index (χ1v) is 9.55. The predicted molar refractivity (Wildman–Crippen MR) is 114 cm³/mol. The van der Waals surface area contributed by atoms with E-state index in [9.17, 15) is 14.4 Å². The fraction of sp³-hybridized carbons (Fsp3) is 0.318. The highest BCUT2D eigenvalue weighted by Gasteiger charge is 2.16. The molecule has 2 aromatic carbocycles. The Morgan fingerprint density at radius 1 is 0.867 bits per heavy atom. The van der Waals surface area contributed by atoms with E-state index >= 15 is 0 Å². The standard InChI is InChI=1S/C22H27N3O5/c1-14(2)20(26)25-16-10-8-15(9-11-16)21(27)23-12-13-24-22(28)17-6-5-7-18(29-3)19(17)30-4/h5-11,14H,12-13H2,1-4H3,(H,23,27)(H,24,28)(H,25,26). The zero-order chi connectivity index (χ0) is 22.1. The number of hydrogen-bond donors (Lipinski definition) is 3. The van der Waals surface area contributed by atoms with E-state index in [0.29, 0.717) is 28.3 Å². The number of ether oxygens (including phenoxy) is 2. The van der Waals surface area contributed by atoms with Crippen molar-refractivity contribution < 1.29 is 23.9 Å². The van der Waals surface area contributed by atoms with Crippen LogP contribution < -0.4 is 25.4 Å². The molecule has 8 nitrogen and oxygen atoms in total. The van der Waals surface area contributed by atoms with Gasteiger partial charge < -0.3 is 25.4 Å². The van der Waals surface area contributed by atoms with Gasteiger partial charge in [-0.3, -0.25) is 14.4 Å². The van der Waals surface area contributed by atoms with Gasteiger partial charge >= 0.3 is 0 Å². The molecule has 0 spiro atoms. The Morgan fingerprint density at radius 3 is 2.07 bits per heavy atom. The van der Waals surface area contributed by atoms with E-state index in [1.54, 1.807) is 56.3 Å². The van der Waals surface area contributed by atoms with Crippen molar-refractivity contribution in [3.8, 4) is 11.5 Å². The van der Waals surface area contributed by atoms with Crippen molar-refractivity contribution in [2.24, 2.45) is 5.92 Å². The Hall–Kier alpha value is -3.55. The van der Waals surface area contributed by atoms with Crippen molar-refractivity contribution in [2.75, 3.05) is 32.6 Å². The van der Waals surface area contributed by atoms with Gasteiger partial charge in [-0.1, -0.05) is 19.9 Å². The fourth-order valence-corrected chi connectivity index (χ4v) is 2.61. The Kier molecular flexibility index (Phi) is 8.22. The lowest BCUT2D eigenvalue weighted by molar-refractivity contribution is -0.118. The third-order valence-corrected chi connectivity index (χ3v) is 4.28. The van der Waals surface area contributed by atoms with Crippen molar-refractivity contribution in [2.45, 2.75) is 13.8 Å². The molecular weight excluding hydrogens is 386 g/mol. The molecule has 0 aliphatic carbocycles. The topological polar surface area (TPSA) is 106 Å². The van der Waals surface area contributed by atoms with Crippen molar-refractivity contribution >= 4 is 23.4 Å². The Morgan fingerprint density at radius 2 is 1.50 bits per heavy atom. The van der Waals surface area contributed by atoms with Crippen LogP contribution in [0.2, 0.25) is 0 Å². The molecule has 0 aromatic heterocycles. The molecule has 0 heterocycles. The average Bonchev–Trinajstić information content (AvgIpc) is 2.76. The highest BCUT2D eigenvalue weighted by molar-refractivity contribution is 5.98. The van der Waals surface area contributed by atoms with E-state index in [0.717, 1.165) is 0 Å². The second-order valence-electron chi connectivity index (χ2n) is 6.77. The van der Waals surface area contributed by atoms with Gasteiger partial charge in [-0.25, -0.2) is 0 Å². The molecule has 2 aromatic rings. The van der Waals surface area contributed by atoms with E-state index in [1.807, 2.05) is 0 Å². The van der Waals surface area contributed by atoms with Crippen LogP contribution in [0.25, 0.3) is 0 Å². The first-order chi connectivity index (χ1) is 14.4. The zero-order valence-corrected chi connectivity index (χ0v) is 17.6. The number of hydrogen-bond acceptors (Lipinski definition) is 5. The molecule has 0 saturated carbocycles. The number of amides is 3. The van der Waals surface area contributed by atoms with Crippen LogP contribution in [0.4, 0.5) is 5.69 Å². The number of nitrogens with one attached hydrogen (secondary N) is 3. The Labute approximate surface area is 175 Å². The summed E-state index contributed by atoms with van der Waals surface area (Å²) in [6, 6.07) is 11.6. The number of rotatable bonds is 9. The predicted octanol–water partition coefficient (Wildman–Crippen LogP) is 2.46. The van der Waals surface area contributed by atoms with E-state index in [4.69, 9.17) is 9.47 Å². The third-order valence-electron chi connectivity index (χ3n) is 4.28. The van der Waals surface area contributed by atoms with E-state index in [2.05, 4.69) is 16.0 Å². The van der Waals surface area contributed by atoms with Gasteiger partial charge in [0.15, 0.2) is 11.5 Å². The summed E-state index contributed by atoms with van der Waals surface area (Å²) in [5.41, 5.74) is 1.44. The smallest absolute Gasteiger partial charge is 0.255 e. The minimum absolute atomic E-state index is 0.0874. The highest BCUT2D eigenvalue weighted by Crippen LogP contribution is 2.30. The summed E-state index contributed by atoms with van der Waals surface area (Å²) in [4.78, 5) is 36.3. The minimum Gasteiger partial charge on any atom is -0.493 e. The summed E-state index contributed by atoms with van der Waals surface area (Å²) >= 11 is 0. The second-order valence-corrected chi connectivity index (χ2v) is 6.77. The molecule has 160 valence electrons. The Balaban J connectivity index is 1.84. The van der Waals surface area contributed by atoms with Gasteiger partial charge in [0.05, 0.1) is 19.8 Å². The molecule has 2 rings (SSSR count). The fourth-order valence-electron chi connectivity index (χ4n) is 2.61. The number of benzene rings is 2. The maximum absolute atomic E-state index is 12.4. The van der Waals surface area contributed by atoms with Crippen LogP contribution in [0.3, 0.4) is 0 Å². The molecule has 0 saturated heterocycles. The molecule has 3 amide bonds. The second kappa shape index (κ2) is 10.8. The van der Waals surface area contributed by atoms with Gasteiger partial charge in [-0.15, -0.1) is 0 Å². The van der Waals surface area contributed by atoms with Gasteiger partial charge in [-0.05, 0) is 36.4 Å². The SMILES string of the molecule is COc1cccc(C(=O)NCCNC(=O)c2ccc(NC(=O)C(C)C)cc2)c1OC. The zero-order valence-electron chi connectivity index (χ0n) is 17.6. The van der Waals surface area contributed by atoms with Crippen LogP contribution in [-0.2, 0) is 4.79 Å². The molecule has 0 unspecified atom stereocenters. The Bertz CT molecular complexity index is 894. The molecule has 0 bridgehead atoms. The van der Waals surface area contributed by atoms with Gasteiger partial charge in [0.25, 0.3) is 11.8 Å². The summed E-state index contributed by atoms with van der Waals surface area (Å²) in [7, 11) is 2.97. The summed E-state index contributed by atoms with van der Waals surface area (Å²) in [5, 5.41) is 8.24. The summed E-state index contributed by atoms with van der Waals surface area (Å²) < 4.78 is 10.4. The van der Waals surface area contributed by atoms with Gasteiger partial charge in [-0.2, -0.15) is 0 Å². The summed E-state index contributed by atoms with van der Waals surface area (Å²) in [5.74, 6) is 0.00333. The first kappa shape index (κ1) is 22.7. The molecule has 0 radical (unpaired) electrons. The van der Waals surface area contributed by atoms with Crippen LogP contribution in [0.5, 0.6) is 11.5 Å². The molecule has 30 heavy (non-hydrogen) atoms. The number of methoxy groups -OCH3 is 2. The highest BCUT2D eigenvalue weighted by atomic mass is 16.5. The molecule has 0 fully saturated rings. The average molecular weight is 413 g/mol. The van der Waals surface area contributed by atoms with Crippen LogP contribution in [0.1, 0.15) is 34.6 Å². The van der Waals surface area contributed by atoms with Gasteiger partial charge in [0.2, 0.25) is 5.91 Å². The van der Waals surface area contributed by atoms with Crippen molar-refractivity contribution in [3.63, 3.8) is 0 Å². The number of anilines is 1. The number of para-hydroxylation sites is 1. The van der Waals surface area contributed by atoms with E-state index in [1.165, 1.54) is 14.2 Å². The maximum atomic E-state index is 12.4. The maximum Gasteiger partial charge on any atom is 0.255 e. The van der Waals surface area contributed by atoms with Crippen LogP contribution in [0.15, 0.2) is 42.5 Å². The lowest BCUT2D eigenvalue weighted by Gasteiger charge is -2.13. The van der Waals surface area contributed by atoms with Crippen LogP contribution >= 0.6 is 0 Å². The number of carbonyl (C=O) groups is 3. The first-order valence-electron chi connectivity index (χ1n) is 9.55. The van der Waals surface area contributed by atoms with Crippen LogP contribution in [-0.4, -0.2) is 45.0 Å². The summed E-state index contributed by atoms with van der Waals surface area (Å²) in [6.45, 7) is 4.11. The van der Waals surface area contributed by atoms with E-state index < -0.39 is 0 Å². The molecule has 3 N–H and O–H groups in total. The quantitative estimate of drug-likeness (QED) is 0.548. The molecule has 0 atom stereocenters. The lowest BCUT2D eigenvalue weighted by atomic mass is 10.1. The van der Waals surface area contributed by atoms with Gasteiger partial charge in [0, 0.05) is 30.3 Å². The molecule has 8 heteroatoms. The number of carbonyl (C=O) groups excluding carboxylic acids is 3. The molecule has 0 aliphatic heterocycles. The van der Waals surface area contributed by atoms with Crippen molar-refractivity contribution in [1.82, 2.24) is 10.6 Å². The lowest BCUT2D eigenvalue weighted by Crippen LogP contribution is -2.34. The van der Waals surface area contributed by atoms with E-state index in [-0.39, 0.29) is 36.7 Å². The monoisotopic (exact) mass is 413 g/mol. The molecular formula is C22H27N3O5. The van der Waals surface area contributed by atoms with Crippen molar-refractivity contribution in [1.29, 1.82) is 0 Å². The molecule has 0 aliphatic rings. The van der Waals surface area contributed by atoms with Gasteiger partial charge in [0.1, 0.15) is 0 Å². The van der Waals surface area contributed by atoms with Crippen LogP contribution in [0, 0.1) is 5.92 Å². The third kappa shape index (κ3) is 5.97. The minimum atomic E-state index is -0.328.